The fraction of sp³-hybridized carbons (Fsp3) is 0.294. The highest BCUT2D eigenvalue weighted by atomic mass is 32.2. The molecular weight excluding hydrogens is 358 g/mol. The molecule has 0 saturated carbocycles. The first-order chi connectivity index (χ1) is 12.0. The molecule has 2 rings (SSSR count). The Bertz CT molecular complexity index is 776. The lowest BCUT2D eigenvalue weighted by Crippen LogP contribution is -2.34. The van der Waals surface area contributed by atoms with Crippen molar-refractivity contribution in [2.45, 2.75) is 12.8 Å². The SMILES string of the molecule is C=CCOC(=O)C1C(C)=NC(SCC(N)=O)=C(C#N)[C@H]1c1cccs1. The Balaban J connectivity index is 2.47. The van der Waals surface area contributed by atoms with Crippen molar-refractivity contribution < 1.29 is 14.3 Å². The molecule has 2 heterocycles. The smallest absolute Gasteiger partial charge is 0.316 e. The molecule has 8 heteroatoms. The van der Waals surface area contributed by atoms with Crippen LogP contribution in [0.1, 0.15) is 17.7 Å². The second-order valence-corrected chi connectivity index (χ2v) is 7.17. The summed E-state index contributed by atoms with van der Waals surface area (Å²) in [5, 5.41) is 12.0. The van der Waals surface area contributed by atoms with Crippen LogP contribution in [0.5, 0.6) is 0 Å². The maximum Gasteiger partial charge on any atom is 0.316 e. The van der Waals surface area contributed by atoms with E-state index in [1.807, 2.05) is 17.5 Å². The summed E-state index contributed by atoms with van der Waals surface area (Å²) in [6.07, 6.45) is 1.49. The number of rotatable bonds is 7. The number of nitriles is 1. The number of carbonyl (C=O) groups excluding carboxylic acids is 2. The van der Waals surface area contributed by atoms with Crippen LogP contribution < -0.4 is 5.73 Å². The molecule has 1 aromatic heterocycles. The second kappa shape index (κ2) is 8.65. The van der Waals surface area contributed by atoms with E-state index in [4.69, 9.17) is 10.5 Å². The molecule has 6 nitrogen and oxygen atoms in total. The van der Waals surface area contributed by atoms with Crippen molar-refractivity contribution in [1.29, 1.82) is 5.26 Å². The molecule has 0 aliphatic carbocycles. The molecule has 2 atom stereocenters. The minimum Gasteiger partial charge on any atom is -0.461 e. The Morgan fingerprint density at radius 3 is 2.92 bits per heavy atom. The first-order valence-corrected chi connectivity index (χ1v) is 9.27. The lowest BCUT2D eigenvalue weighted by atomic mass is 9.81. The van der Waals surface area contributed by atoms with Crippen molar-refractivity contribution in [2.24, 2.45) is 16.6 Å². The zero-order valence-electron chi connectivity index (χ0n) is 13.6. The van der Waals surface area contributed by atoms with E-state index in [0.29, 0.717) is 16.3 Å². The van der Waals surface area contributed by atoms with E-state index in [1.54, 1.807) is 6.92 Å². The molecule has 0 spiro atoms. The van der Waals surface area contributed by atoms with Crippen molar-refractivity contribution in [1.82, 2.24) is 0 Å². The molecule has 1 aliphatic rings. The number of hydrogen-bond acceptors (Lipinski definition) is 7. The number of amides is 1. The van der Waals surface area contributed by atoms with E-state index in [1.165, 1.54) is 17.4 Å². The van der Waals surface area contributed by atoms with Crippen LogP contribution in [-0.2, 0) is 14.3 Å². The first kappa shape index (κ1) is 19.0. The molecule has 0 radical (unpaired) electrons. The Kier molecular flexibility index (Phi) is 6.56. The van der Waals surface area contributed by atoms with Crippen molar-refractivity contribution in [2.75, 3.05) is 12.4 Å². The summed E-state index contributed by atoms with van der Waals surface area (Å²) in [5.41, 5.74) is 6.08. The van der Waals surface area contributed by atoms with Gasteiger partial charge >= 0.3 is 5.97 Å². The summed E-state index contributed by atoms with van der Waals surface area (Å²) in [4.78, 5) is 28.9. The van der Waals surface area contributed by atoms with Gasteiger partial charge in [-0.15, -0.1) is 11.3 Å². The van der Waals surface area contributed by atoms with Crippen LogP contribution in [0.4, 0.5) is 0 Å². The van der Waals surface area contributed by atoms with Gasteiger partial charge in [0.2, 0.25) is 5.91 Å². The minimum atomic E-state index is -0.689. The standard InChI is InChI=1S/C17H17N3O3S2/c1-3-6-23-17(22)14-10(2)20-16(25-9-13(19)21)11(8-18)15(14)12-5-4-7-24-12/h3-5,7,14-15H,1,6,9H2,2H3,(H2,19,21)/t14?,15-/m0/s1. The number of allylic oxidation sites excluding steroid dienone is 1. The molecule has 0 fully saturated rings. The number of carbonyl (C=O) groups is 2. The van der Waals surface area contributed by atoms with E-state index in [2.05, 4.69) is 17.6 Å². The van der Waals surface area contributed by atoms with Crippen LogP contribution in [0.15, 0.2) is 45.8 Å². The number of esters is 1. The van der Waals surface area contributed by atoms with E-state index >= 15 is 0 Å². The van der Waals surface area contributed by atoms with Gasteiger partial charge in [-0.2, -0.15) is 5.26 Å². The predicted molar refractivity (Wildman–Crippen MR) is 99.1 cm³/mol. The summed E-state index contributed by atoms with van der Waals surface area (Å²) in [6, 6.07) is 5.89. The molecule has 1 aliphatic heterocycles. The van der Waals surface area contributed by atoms with Crippen molar-refractivity contribution in [3.63, 3.8) is 0 Å². The summed E-state index contributed by atoms with van der Waals surface area (Å²) >= 11 is 2.56. The molecule has 1 amide bonds. The molecule has 0 aromatic carbocycles. The third kappa shape index (κ3) is 4.38. The van der Waals surface area contributed by atoms with Gasteiger partial charge in [0.25, 0.3) is 0 Å². The number of thioether (sulfide) groups is 1. The summed E-state index contributed by atoms with van der Waals surface area (Å²) in [5.74, 6) is -2.12. The van der Waals surface area contributed by atoms with Crippen LogP contribution in [-0.4, -0.2) is 29.9 Å². The highest BCUT2D eigenvalue weighted by Gasteiger charge is 2.41. The number of nitrogens with zero attached hydrogens (tertiary/aromatic N) is 2. The third-order valence-electron chi connectivity index (χ3n) is 3.52. The normalized spacial score (nSPS) is 19.8. The molecule has 25 heavy (non-hydrogen) atoms. The lowest BCUT2D eigenvalue weighted by molar-refractivity contribution is -0.145. The van der Waals surface area contributed by atoms with E-state index in [0.717, 1.165) is 16.6 Å². The monoisotopic (exact) mass is 375 g/mol. The fourth-order valence-corrected chi connectivity index (χ4v) is 4.20. The highest BCUT2D eigenvalue weighted by molar-refractivity contribution is 8.03. The zero-order chi connectivity index (χ0) is 18.4. The Labute approximate surface area is 154 Å². The Morgan fingerprint density at radius 1 is 1.60 bits per heavy atom. The molecule has 0 saturated heterocycles. The van der Waals surface area contributed by atoms with Crippen LogP contribution in [0.2, 0.25) is 0 Å². The summed E-state index contributed by atoms with van der Waals surface area (Å²) in [6.45, 7) is 5.35. The molecular formula is C17H17N3O3S2. The number of primary amides is 1. The van der Waals surface area contributed by atoms with E-state index in [9.17, 15) is 14.9 Å². The van der Waals surface area contributed by atoms with Crippen LogP contribution in [0.3, 0.4) is 0 Å². The number of nitrogens with two attached hydrogens (primary N) is 1. The highest BCUT2D eigenvalue weighted by Crippen LogP contribution is 2.43. The first-order valence-electron chi connectivity index (χ1n) is 7.41. The fourth-order valence-electron chi connectivity index (χ4n) is 2.51. The van der Waals surface area contributed by atoms with Crippen LogP contribution >= 0.6 is 23.1 Å². The van der Waals surface area contributed by atoms with Gasteiger partial charge in [-0.1, -0.05) is 30.5 Å². The minimum absolute atomic E-state index is 0.0139. The Morgan fingerprint density at radius 2 is 2.36 bits per heavy atom. The number of aliphatic imine (C=N–C) groups is 1. The average Bonchev–Trinajstić information content (AvgIpc) is 3.11. The third-order valence-corrected chi connectivity index (χ3v) is 5.49. The van der Waals surface area contributed by atoms with Crippen molar-refractivity contribution >= 4 is 40.7 Å². The maximum absolute atomic E-state index is 12.5. The van der Waals surface area contributed by atoms with Gasteiger partial charge in [0.1, 0.15) is 17.6 Å². The number of hydrogen-bond donors (Lipinski definition) is 1. The zero-order valence-corrected chi connectivity index (χ0v) is 15.2. The maximum atomic E-state index is 12.5. The van der Waals surface area contributed by atoms with Gasteiger partial charge in [0.15, 0.2) is 0 Å². The second-order valence-electron chi connectivity index (χ2n) is 5.23. The van der Waals surface area contributed by atoms with Gasteiger partial charge in [0.05, 0.1) is 17.4 Å². The van der Waals surface area contributed by atoms with Crippen LogP contribution in [0, 0.1) is 17.2 Å². The number of ether oxygens (including phenoxy) is 1. The average molecular weight is 375 g/mol. The Hall–Kier alpha value is -2.37. The summed E-state index contributed by atoms with van der Waals surface area (Å²) < 4.78 is 5.21. The van der Waals surface area contributed by atoms with Crippen LogP contribution in [0.25, 0.3) is 0 Å². The largest absolute Gasteiger partial charge is 0.461 e. The molecule has 1 aromatic rings. The lowest BCUT2D eigenvalue weighted by Gasteiger charge is -2.29. The van der Waals surface area contributed by atoms with Crippen molar-refractivity contribution in [3.8, 4) is 6.07 Å². The van der Waals surface area contributed by atoms with E-state index < -0.39 is 23.7 Å². The van der Waals surface area contributed by atoms with Gasteiger partial charge in [-0.05, 0) is 18.4 Å². The molecule has 1 unspecified atom stereocenters. The van der Waals surface area contributed by atoms with Crippen molar-refractivity contribution in [3.05, 3.63) is 45.6 Å². The van der Waals surface area contributed by atoms with Gasteiger partial charge < -0.3 is 10.5 Å². The molecule has 130 valence electrons. The predicted octanol–water partition coefficient (Wildman–Crippen LogP) is 2.61. The van der Waals surface area contributed by atoms with Gasteiger partial charge in [0, 0.05) is 16.5 Å². The molecule has 2 N–H and O–H groups in total. The topological polar surface area (TPSA) is 106 Å². The number of thiophene rings is 1. The quantitative estimate of drug-likeness (QED) is 0.582. The van der Waals surface area contributed by atoms with Gasteiger partial charge in [-0.25, -0.2) is 4.99 Å². The summed E-state index contributed by atoms with van der Waals surface area (Å²) in [7, 11) is 0. The van der Waals surface area contributed by atoms with E-state index in [-0.39, 0.29) is 12.4 Å². The molecule has 0 bridgehead atoms. The van der Waals surface area contributed by atoms with Gasteiger partial charge in [-0.3, -0.25) is 9.59 Å².